The Kier molecular flexibility index (Phi) is 6.03. The van der Waals surface area contributed by atoms with E-state index < -0.39 is 0 Å². The molecule has 4 rings (SSSR count). The number of aryl methyl sites for hydroxylation is 1. The monoisotopic (exact) mass is 413 g/mol. The van der Waals surface area contributed by atoms with Crippen molar-refractivity contribution in [2.45, 2.75) is 39.3 Å². The van der Waals surface area contributed by atoms with Crippen molar-refractivity contribution in [3.63, 3.8) is 0 Å². The predicted molar refractivity (Wildman–Crippen MR) is 125 cm³/mol. The highest BCUT2D eigenvalue weighted by Gasteiger charge is 2.31. The number of hydrogen-bond acceptors (Lipinski definition) is 2. The summed E-state index contributed by atoms with van der Waals surface area (Å²) in [4.78, 5) is 27.3. The molecule has 3 amide bonds. The molecule has 1 aliphatic heterocycles. The zero-order valence-electron chi connectivity index (χ0n) is 17.9. The van der Waals surface area contributed by atoms with E-state index in [4.69, 9.17) is 0 Å². The molecule has 0 aliphatic carbocycles. The normalized spacial score (nSPS) is 14.8. The van der Waals surface area contributed by atoms with Crippen LogP contribution >= 0.6 is 0 Å². The fraction of sp³-hybridized carbons (Fsp3) is 0.231. The smallest absolute Gasteiger partial charge is 0.319 e. The molecule has 3 aromatic carbocycles. The fourth-order valence-electron chi connectivity index (χ4n) is 3.97. The van der Waals surface area contributed by atoms with E-state index in [-0.39, 0.29) is 18.0 Å². The van der Waals surface area contributed by atoms with Gasteiger partial charge in [-0.15, -0.1) is 0 Å². The van der Waals surface area contributed by atoms with Crippen LogP contribution in [0.1, 0.15) is 40.9 Å². The minimum Gasteiger partial charge on any atom is -0.334 e. The zero-order chi connectivity index (χ0) is 21.8. The van der Waals surface area contributed by atoms with E-state index in [0.29, 0.717) is 12.1 Å². The lowest BCUT2D eigenvalue weighted by molar-refractivity contribution is 0.0981. The van der Waals surface area contributed by atoms with Crippen molar-refractivity contribution in [3.8, 4) is 0 Å². The summed E-state index contributed by atoms with van der Waals surface area (Å²) >= 11 is 0. The number of amides is 3. The molecular formula is C26H27N3O2. The number of hydrogen-bond donors (Lipinski definition) is 2. The SMILES string of the molecule is CCc1ccc(NC(=O)NCc2ccc3c(c2)N(C(=O)c2ccccc2)[C@H](C)C3)cc1. The molecular weight excluding hydrogens is 386 g/mol. The van der Waals surface area contributed by atoms with Gasteiger partial charge in [0, 0.05) is 29.5 Å². The average molecular weight is 414 g/mol. The summed E-state index contributed by atoms with van der Waals surface area (Å²) in [7, 11) is 0. The Morgan fingerprint density at radius 1 is 0.968 bits per heavy atom. The summed E-state index contributed by atoms with van der Waals surface area (Å²) in [6.07, 6.45) is 1.79. The third-order valence-electron chi connectivity index (χ3n) is 5.68. The molecule has 0 saturated carbocycles. The highest BCUT2D eigenvalue weighted by Crippen LogP contribution is 2.34. The Labute approximate surface area is 183 Å². The van der Waals surface area contributed by atoms with Crippen LogP contribution in [0.2, 0.25) is 0 Å². The van der Waals surface area contributed by atoms with Gasteiger partial charge < -0.3 is 15.5 Å². The third-order valence-corrected chi connectivity index (χ3v) is 5.68. The maximum absolute atomic E-state index is 13.1. The largest absolute Gasteiger partial charge is 0.334 e. The lowest BCUT2D eigenvalue weighted by Gasteiger charge is -2.23. The van der Waals surface area contributed by atoms with E-state index in [9.17, 15) is 9.59 Å². The average Bonchev–Trinajstić information content (AvgIpc) is 3.13. The van der Waals surface area contributed by atoms with Gasteiger partial charge in [-0.05, 0) is 66.8 Å². The molecule has 1 aliphatic rings. The molecule has 0 aromatic heterocycles. The number of carbonyl (C=O) groups excluding carboxylic acids is 2. The van der Waals surface area contributed by atoms with E-state index in [1.165, 1.54) is 5.56 Å². The lowest BCUT2D eigenvalue weighted by Crippen LogP contribution is -2.35. The number of nitrogens with one attached hydrogen (secondary N) is 2. The van der Waals surface area contributed by atoms with Crippen molar-refractivity contribution >= 4 is 23.3 Å². The molecule has 158 valence electrons. The van der Waals surface area contributed by atoms with Gasteiger partial charge in [0.15, 0.2) is 0 Å². The number of nitrogens with zero attached hydrogens (tertiary/aromatic N) is 1. The summed E-state index contributed by atoms with van der Waals surface area (Å²) < 4.78 is 0. The van der Waals surface area contributed by atoms with Crippen LogP contribution < -0.4 is 15.5 Å². The molecule has 2 N–H and O–H groups in total. The molecule has 1 heterocycles. The second kappa shape index (κ2) is 9.04. The molecule has 0 saturated heterocycles. The van der Waals surface area contributed by atoms with Crippen molar-refractivity contribution in [3.05, 3.63) is 95.1 Å². The highest BCUT2D eigenvalue weighted by molar-refractivity contribution is 6.07. The van der Waals surface area contributed by atoms with Gasteiger partial charge in [0.2, 0.25) is 0 Å². The summed E-state index contributed by atoms with van der Waals surface area (Å²) in [5, 5.41) is 5.76. The Balaban J connectivity index is 1.43. The number of urea groups is 1. The molecule has 1 atom stereocenters. The molecule has 0 spiro atoms. The van der Waals surface area contributed by atoms with Gasteiger partial charge in [0.25, 0.3) is 5.91 Å². The maximum atomic E-state index is 13.1. The van der Waals surface area contributed by atoms with Crippen LogP contribution in [0.15, 0.2) is 72.8 Å². The zero-order valence-corrected chi connectivity index (χ0v) is 17.9. The summed E-state index contributed by atoms with van der Waals surface area (Å²) in [5.74, 6) is 0.00484. The number of rotatable bonds is 5. The van der Waals surface area contributed by atoms with Gasteiger partial charge >= 0.3 is 6.03 Å². The molecule has 0 unspecified atom stereocenters. The molecule has 5 heteroatoms. The third kappa shape index (κ3) is 4.61. The van der Waals surface area contributed by atoms with Crippen molar-refractivity contribution in [1.29, 1.82) is 0 Å². The van der Waals surface area contributed by atoms with Crippen LogP contribution in [0.3, 0.4) is 0 Å². The number of fused-ring (bicyclic) bond motifs is 1. The second-order valence-electron chi connectivity index (χ2n) is 7.92. The highest BCUT2D eigenvalue weighted by atomic mass is 16.2. The quantitative estimate of drug-likeness (QED) is 0.607. The van der Waals surface area contributed by atoms with Crippen LogP contribution in [0.5, 0.6) is 0 Å². The molecule has 31 heavy (non-hydrogen) atoms. The summed E-state index contributed by atoms with van der Waals surface area (Å²) in [6.45, 7) is 4.55. The van der Waals surface area contributed by atoms with Gasteiger partial charge in [-0.2, -0.15) is 0 Å². The molecule has 0 radical (unpaired) electrons. The standard InChI is InChI=1S/C26H27N3O2/c1-3-19-10-13-23(14-11-19)28-26(31)27-17-20-9-12-22-15-18(2)29(24(22)16-20)25(30)21-7-5-4-6-8-21/h4-14,16,18H,3,15,17H2,1-2H3,(H2,27,28,31)/t18-/m1/s1. The number of anilines is 2. The van der Waals surface area contributed by atoms with Crippen molar-refractivity contribution in [1.82, 2.24) is 5.32 Å². The van der Waals surface area contributed by atoms with Crippen molar-refractivity contribution < 1.29 is 9.59 Å². The van der Waals surface area contributed by atoms with Crippen LogP contribution in [0, 0.1) is 0 Å². The minimum absolute atomic E-state index is 0.00484. The molecule has 0 fully saturated rings. The maximum Gasteiger partial charge on any atom is 0.319 e. The van der Waals surface area contributed by atoms with E-state index in [1.807, 2.05) is 71.6 Å². The molecule has 0 bridgehead atoms. The fourth-order valence-corrected chi connectivity index (χ4v) is 3.97. The second-order valence-corrected chi connectivity index (χ2v) is 7.92. The Bertz CT molecular complexity index is 1080. The van der Waals surface area contributed by atoms with E-state index in [2.05, 4.69) is 30.5 Å². The molecule has 3 aromatic rings. The summed E-state index contributed by atoms with van der Waals surface area (Å²) in [6, 6.07) is 23.1. The first-order valence-corrected chi connectivity index (χ1v) is 10.7. The topological polar surface area (TPSA) is 61.4 Å². The van der Waals surface area contributed by atoms with Gasteiger partial charge in [-0.25, -0.2) is 4.79 Å². The van der Waals surface area contributed by atoms with E-state index >= 15 is 0 Å². The van der Waals surface area contributed by atoms with Gasteiger partial charge in [0.05, 0.1) is 0 Å². The predicted octanol–water partition coefficient (Wildman–Crippen LogP) is 5.16. The minimum atomic E-state index is -0.254. The van der Waals surface area contributed by atoms with Crippen LogP contribution in [0.4, 0.5) is 16.2 Å². The van der Waals surface area contributed by atoms with Gasteiger partial charge in [-0.1, -0.05) is 49.4 Å². The Hall–Kier alpha value is -3.60. The Morgan fingerprint density at radius 3 is 2.39 bits per heavy atom. The van der Waals surface area contributed by atoms with Crippen LogP contribution in [-0.4, -0.2) is 18.0 Å². The van der Waals surface area contributed by atoms with Gasteiger partial charge in [0.1, 0.15) is 0 Å². The van der Waals surface area contributed by atoms with Crippen LogP contribution in [-0.2, 0) is 19.4 Å². The van der Waals surface area contributed by atoms with Gasteiger partial charge in [-0.3, -0.25) is 4.79 Å². The lowest BCUT2D eigenvalue weighted by atomic mass is 10.1. The number of carbonyl (C=O) groups is 2. The number of benzene rings is 3. The van der Waals surface area contributed by atoms with E-state index in [0.717, 1.165) is 35.3 Å². The molecule has 5 nitrogen and oxygen atoms in total. The first kappa shape index (κ1) is 20.7. The van der Waals surface area contributed by atoms with E-state index in [1.54, 1.807) is 0 Å². The Morgan fingerprint density at radius 2 is 1.68 bits per heavy atom. The first-order valence-electron chi connectivity index (χ1n) is 10.7. The van der Waals surface area contributed by atoms with Crippen LogP contribution in [0.25, 0.3) is 0 Å². The van der Waals surface area contributed by atoms with Crippen molar-refractivity contribution in [2.75, 3.05) is 10.2 Å². The first-order chi connectivity index (χ1) is 15.0. The summed E-state index contributed by atoms with van der Waals surface area (Å²) in [5.41, 5.74) is 5.71. The van der Waals surface area contributed by atoms with Crippen molar-refractivity contribution in [2.24, 2.45) is 0 Å².